The molecule has 1 nitrogen and oxygen atoms in total. The fourth-order valence-electron chi connectivity index (χ4n) is 1.45. The van der Waals surface area contributed by atoms with Crippen molar-refractivity contribution in [3.63, 3.8) is 0 Å². The lowest BCUT2D eigenvalue weighted by atomic mass is 10.0. The Morgan fingerprint density at radius 2 is 2.07 bits per heavy atom. The SMILES string of the molecule is CC=N/C(C)=C(\CC1C=C1C)C(F)(F)F. The molecule has 0 saturated carbocycles. The molecule has 1 rings (SSSR count). The second kappa shape index (κ2) is 4.21. The number of allylic oxidation sites excluding steroid dienone is 4. The molecule has 0 aromatic carbocycles. The van der Waals surface area contributed by atoms with Crippen LogP contribution in [0.2, 0.25) is 0 Å². The van der Waals surface area contributed by atoms with Crippen LogP contribution in [0, 0.1) is 5.92 Å². The van der Waals surface area contributed by atoms with Crippen molar-refractivity contribution < 1.29 is 13.2 Å². The van der Waals surface area contributed by atoms with Gasteiger partial charge in [0.05, 0.1) is 5.57 Å². The molecule has 0 aromatic rings. The molecule has 1 aliphatic rings. The highest BCUT2D eigenvalue weighted by Crippen LogP contribution is 2.40. The third-order valence-electron chi connectivity index (χ3n) is 2.47. The third kappa shape index (κ3) is 3.22. The quantitative estimate of drug-likeness (QED) is 0.502. The van der Waals surface area contributed by atoms with Gasteiger partial charge in [-0.1, -0.05) is 11.6 Å². The minimum absolute atomic E-state index is 0.0105. The zero-order valence-electron chi connectivity index (χ0n) is 9.02. The zero-order chi connectivity index (χ0) is 11.6. The fourth-order valence-corrected chi connectivity index (χ4v) is 1.45. The Kier molecular flexibility index (Phi) is 3.37. The van der Waals surface area contributed by atoms with Crippen molar-refractivity contribution in [1.82, 2.24) is 0 Å². The van der Waals surface area contributed by atoms with Gasteiger partial charge in [-0.3, -0.25) is 4.99 Å². The largest absolute Gasteiger partial charge is 0.414 e. The Bertz CT molecular complexity index is 334. The van der Waals surface area contributed by atoms with E-state index in [1.165, 1.54) is 13.1 Å². The van der Waals surface area contributed by atoms with Crippen LogP contribution in [0.25, 0.3) is 0 Å². The number of hydrogen-bond acceptors (Lipinski definition) is 1. The Morgan fingerprint density at radius 3 is 2.40 bits per heavy atom. The molecule has 84 valence electrons. The van der Waals surface area contributed by atoms with E-state index in [0.717, 1.165) is 5.57 Å². The average molecular weight is 217 g/mol. The molecule has 0 bridgehead atoms. The number of alkyl halides is 3. The lowest BCUT2D eigenvalue weighted by Gasteiger charge is -2.13. The molecule has 0 aliphatic heterocycles. The molecule has 0 radical (unpaired) electrons. The summed E-state index contributed by atoms with van der Waals surface area (Å²) in [4.78, 5) is 3.71. The summed E-state index contributed by atoms with van der Waals surface area (Å²) in [5.74, 6) is -0.0105. The molecule has 1 atom stereocenters. The van der Waals surface area contributed by atoms with Crippen molar-refractivity contribution >= 4 is 6.21 Å². The van der Waals surface area contributed by atoms with E-state index in [0.29, 0.717) is 0 Å². The van der Waals surface area contributed by atoms with Crippen LogP contribution in [0.5, 0.6) is 0 Å². The maximum absolute atomic E-state index is 12.7. The summed E-state index contributed by atoms with van der Waals surface area (Å²) in [5.41, 5.74) is 0.585. The van der Waals surface area contributed by atoms with Gasteiger partial charge in [0.2, 0.25) is 0 Å². The highest BCUT2D eigenvalue weighted by atomic mass is 19.4. The Labute approximate surface area is 87.4 Å². The molecule has 0 fully saturated rings. The minimum Gasteiger partial charge on any atom is -0.266 e. The molecule has 15 heavy (non-hydrogen) atoms. The Hall–Kier alpha value is -1.06. The van der Waals surface area contributed by atoms with Crippen LogP contribution in [0.15, 0.2) is 27.9 Å². The summed E-state index contributed by atoms with van der Waals surface area (Å²) in [7, 11) is 0. The van der Waals surface area contributed by atoms with Gasteiger partial charge in [-0.2, -0.15) is 13.2 Å². The minimum atomic E-state index is -4.27. The van der Waals surface area contributed by atoms with Crippen LogP contribution in [-0.4, -0.2) is 12.4 Å². The van der Waals surface area contributed by atoms with Gasteiger partial charge in [-0.25, -0.2) is 0 Å². The maximum Gasteiger partial charge on any atom is 0.414 e. The number of hydrogen-bond donors (Lipinski definition) is 0. The zero-order valence-corrected chi connectivity index (χ0v) is 9.02. The van der Waals surface area contributed by atoms with Gasteiger partial charge in [0.15, 0.2) is 0 Å². The Morgan fingerprint density at radius 1 is 1.53 bits per heavy atom. The van der Waals surface area contributed by atoms with Crippen LogP contribution in [0.4, 0.5) is 13.2 Å². The van der Waals surface area contributed by atoms with Crippen molar-refractivity contribution in [2.45, 2.75) is 33.4 Å². The number of nitrogens with zero attached hydrogens (tertiary/aromatic N) is 1. The summed E-state index contributed by atoms with van der Waals surface area (Å²) < 4.78 is 38.0. The van der Waals surface area contributed by atoms with E-state index in [2.05, 4.69) is 4.99 Å². The maximum atomic E-state index is 12.7. The number of rotatable bonds is 3. The van der Waals surface area contributed by atoms with E-state index >= 15 is 0 Å². The van der Waals surface area contributed by atoms with Gasteiger partial charge >= 0.3 is 6.18 Å². The van der Waals surface area contributed by atoms with E-state index in [-0.39, 0.29) is 18.0 Å². The van der Waals surface area contributed by atoms with Crippen LogP contribution in [0.1, 0.15) is 27.2 Å². The van der Waals surface area contributed by atoms with Gasteiger partial charge in [0.1, 0.15) is 0 Å². The van der Waals surface area contributed by atoms with Gasteiger partial charge in [0, 0.05) is 17.8 Å². The second-order valence-electron chi connectivity index (χ2n) is 3.67. The summed E-state index contributed by atoms with van der Waals surface area (Å²) >= 11 is 0. The smallest absolute Gasteiger partial charge is 0.266 e. The summed E-state index contributed by atoms with van der Waals surface area (Å²) in [6.07, 6.45) is -1.02. The van der Waals surface area contributed by atoms with Crippen molar-refractivity contribution in [1.29, 1.82) is 0 Å². The number of aliphatic imine (C=N–C) groups is 1. The molecular formula is C11H14F3N. The van der Waals surface area contributed by atoms with Gasteiger partial charge < -0.3 is 0 Å². The first kappa shape index (κ1) is 12.0. The fraction of sp³-hybridized carbons (Fsp3) is 0.545. The monoisotopic (exact) mass is 217 g/mol. The highest BCUT2D eigenvalue weighted by molar-refractivity contribution is 5.55. The molecule has 0 N–H and O–H groups in total. The molecule has 1 unspecified atom stereocenters. The van der Waals surface area contributed by atoms with Crippen LogP contribution in [0.3, 0.4) is 0 Å². The molecule has 4 heteroatoms. The standard InChI is InChI=1S/C11H14F3N/c1-4-15-8(3)10(11(12,13)14)6-9-5-7(9)2/h4-5,9H,6H2,1-3H3/b10-8+,15-4?. The normalized spacial score (nSPS) is 22.8. The first-order chi connectivity index (χ1) is 6.86. The van der Waals surface area contributed by atoms with E-state index in [1.807, 2.05) is 13.0 Å². The average Bonchev–Trinajstić information content (AvgIpc) is 2.76. The molecular weight excluding hydrogens is 203 g/mol. The lowest BCUT2D eigenvalue weighted by molar-refractivity contribution is -0.0952. The molecule has 1 aliphatic carbocycles. The van der Waals surface area contributed by atoms with Crippen LogP contribution in [-0.2, 0) is 0 Å². The second-order valence-corrected chi connectivity index (χ2v) is 3.67. The summed E-state index contributed by atoms with van der Waals surface area (Å²) in [6, 6.07) is 0. The first-order valence-electron chi connectivity index (χ1n) is 4.80. The van der Waals surface area contributed by atoms with Gasteiger partial charge in [-0.05, 0) is 27.2 Å². The molecule has 0 spiro atoms. The van der Waals surface area contributed by atoms with Crippen molar-refractivity contribution in [2.24, 2.45) is 10.9 Å². The van der Waals surface area contributed by atoms with Gasteiger partial charge in [0.25, 0.3) is 0 Å². The van der Waals surface area contributed by atoms with Gasteiger partial charge in [-0.15, -0.1) is 0 Å². The Balaban J connectivity index is 2.83. The number of halogens is 3. The first-order valence-corrected chi connectivity index (χ1v) is 4.80. The highest BCUT2D eigenvalue weighted by Gasteiger charge is 2.38. The lowest BCUT2D eigenvalue weighted by Crippen LogP contribution is -2.14. The summed E-state index contributed by atoms with van der Waals surface area (Å²) in [6.45, 7) is 4.86. The van der Waals surface area contributed by atoms with E-state index in [1.54, 1.807) is 6.92 Å². The van der Waals surface area contributed by atoms with Crippen LogP contribution < -0.4 is 0 Å². The third-order valence-corrected chi connectivity index (χ3v) is 2.47. The summed E-state index contributed by atoms with van der Waals surface area (Å²) in [5, 5.41) is 0. The van der Waals surface area contributed by atoms with Crippen molar-refractivity contribution in [2.75, 3.05) is 0 Å². The van der Waals surface area contributed by atoms with E-state index in [4.69, 9.17) is 0 Å². The molecule has 0 amide bonds. The predicted molar refractivity (Wildman–Crippen MR) is 54.8 cm³/mol. The van der Waals surface area contributed by atoms with Crippen molar-refractivity contribution in [3.8, 4) is 0 Å². The van der Waals surface area contributed by atoms with Crippen molar-refractivity contribution in [3.05, 3.63) is 22.9 Å². The molecule has 0 heterocycles. The molecule has 0 saturated heterocycles. The topological polar surface area (TPSA) is 12.4 Å². The van der Waals surface area contributed by atoms with E-state index < -0.39 is 11.7 Å². The molecule has 0 aromatic heterocycles. The van der Waals surface area contributed by atoms with E-state index in [9.17, 15) is 13.2 Å². The predicted octanol–water partition coefficient (Wildman–Crippen LogP) is 3.88. The van der Waals surface area contributed by atoms with Crippen LogP contribution >= 0.6 is 0 Å².